The minimum absolute atomic E-state index is 0.192. The maximum Gasteiger partial charge on any atom is 0.162 e. The van der Waals surface area contributed by atoms with Crippen molar-refractivity contribution < 1.29 is 4.74 Å². The van der Waals surface area contributed by atoms with Crippen molar-refractivity contribution in [2.24, 2.45) is 0 Å². The number of nitrogens with one attached hydrogen (secondary N) is 1. The Balaban J connectivity index is 2.02. The van der Waals surface area contributed by atoms with Crippen molar-refractivity contribution in [2.75, 3.05) is 13.2 Å². The molecule has 0 bridgehead atoms. The number of hydrogen-bond acceptors (Lipinski definition) is 4. The summed E-state index contributed by atoms with van der Waals surface area (Å²) >= 11 is 0. The van der Waals surface area contributed by atoms with E-state index in [1.54, 1.807) is 0 Å². The largest absolute Gasteiger partial charge is 0.366 e. The average Bonchev–Trinajstić information content (AvgIpc) is 2.53. The smallest absolute Gasteiger partial charge is 0.162 e. The van der Waals surface area contributed by atoms with Crippen LogP contribution in [-0.2, 0) is 17.7 Å². The van der Waals surface area contributed by atoms with E-state index >= 15 is 0 Å². The summed E-state index contributed by atoms with van der Waals surface area (Å²) in [6.07, 6.45) is 0.814. The summed E-state index contributed by atoms with van der Waals surface area (Å²) < 4.78 is 5.91. The van der Waals surface area contributed by atoms with E-state index in [1.807, 2.05) is 25.1 Å². The van der Waals surface area contributed by atoms with Crippen LogP contribution in [0.15, 0.2) is 30.3 Å². The van der Waals surface area contributed by atoms with E-state index in [-0.39, 0.29) is 6.10 Å². The summed E-state index contributed by atoms with van der Waals surface area (Å²) in [5.74, 6) is 0.767. The number of aromatic nitrogens is 2. The van der Waals surface area contributed by atoms with Gasteiger partial charge in [0.05, 0.1) is 5.69 Å². The van der Waals surface area contributed by atoms with E-state index in [1.165, 1.54) is 5.56 Å². The van der Waals surface area contributed by atoms with E-state index in [9.17, 15) is 0 Å². The zero-order valence-electron chi connectivity index (χ0n) is 12.6. The molecule has 1 aromatic heterocycles. The van der Waals surface area contributed by atoms with Crippen LogP contribution in [0.25, 0.3) is 0 Å². The number of ether oxygens (including phenoxy) is 1. The Bertz CT molecular complexity index is 613. The number of hydrogen-bond donors (Lipinski definition) is 1. The molecule has 2 heterocycles. The first-order valence-electron chi connectivity index (χ1n) is 7.53. The predicted molar refractivity (Wildman–Crippen MR) is 82.1 cm³/mol. The van der Waals surface area contributed by atoms with E-state index in [4.69, 9.17) is 14.7 Å². The van der Waals surface area contributed by atoms with Crippen LogP contribution in [0.4, 0.5) is 0 Å². The van der Waals surface area contributed by atoms with E-state index in [0.717, 1.165) is 42.3 Å². The van der Waals surface area contributed by atoms with Crippen molar-refractivity contribution in [3.05, 3.63) is 58.7 Å². The molecule has 0 amide bonds. The Morgan fingerprint density at radius 1 is 1.24 bits per heavy atom. The quantitative estimate of drug-likeness (QED) is 0.937. The summed E-state index contributed by atoms with van der Waals surface area (Å²) in [6.45, 7) is 6.53. The fraction of sp³-hybridized carbons (Fsp3) is 0.412. The van der Waals surface area contributed by atoms with E-state index < -0.39 is 0 Å². The first kappa shape index (κ1) is 14.2. The molecular formula is C17H21N3O. The van der Waals surface area contributed by atoms with Gasteiger partial charge in [0.1, 0.15) is 6.10 Å². The lowest BCUT2D eigenvalue weighted by molar-refractivity contribution is 0.0847. The lowest BCUT2D eigenvalue weighted by Crippen LogP contribution is -2.27. The molecule has 1 aliphatic heterocycles. The van der Waals surface area contributed by atoms with Gasteiger partial charge >= 0.3 is 0 Å². The zero-order valence-corrected chi connectivity index (χ0v) is 12.6. The molecular weight excluding hydrogens is 262 g/mol. The fourth-order valence-corrected chi connectivity index (χ4v) is 2.80. The number of benzene rings is 1. The molecule has 1 atom stereocenters. The summed E-state index contributed by atoms with van der Waals surface area (Å²) in [5, 5.41) is 3.37. The third kappa shape index (κ3) is 2.96. The SMILES string of the molecule is CCOC(c1ccccc1)c1nc(C)c2c(n1)CNCC2. The first-order valence-corrected chi connectivity index (χ1v) is 7.53. The first-order chi connectivity index (χ1) is 10.3. The van der Waals surface area contributed by atoms with E-state index in [0.29, 0.717) is 6.61 Å². The maximum atomic E-state index is 5.91. The second-order valence-electron chi connectivity index (χ2n) is 5.27. The normalized spacial score (nSPS) is 15.5. The van der Waals surface area contributed by atoms with Crippen LogP contribution in [0.5, 0.6) is 0 Å². The lowest BCUT2D eigenvalue weighted by Gasteiger charge is -2.22. The van der Waals surface area contributed by atoms with Crippen LogP contribution in [0, 0.1) is 6.92 Å². The van der Waals surface area contributed by atoms with Crippen molar-refractivity contribution in [1.82, 2.24) is 15.3 Å². The molecule has 4 heteroatoms. The molecule has 0 spiro atoms. The third-order valence-electron chi connectivity index (χ3n) is 3.83. The molecule has 21 heavy (non-hydrogen) atoms. The topological polar surface area (TPSA) is 47.0 Å². The Labute approximate surface area is 125 Å². The molecule has 3 rings (SSSR count). The molecule has 1 aliphatic rings. The van der Waals surface area contributed by atoms with Crippen LogP contribution in [0.3, 0.4) is 0 Å². The van der Waals surface area contributed by atoms with Crippen LogP contribution >= 0.6 is 0 Å². The fourth-order valence-electron chi connectivity index (χ4n) is 2.80. The molecule has 1 N–H and O–H groups in total. The summed E-state index contributed by atoms with van der Waals surface area (Å²) in [7, 11) is 0. The van der Waals surface area contributed by atoms with Gasteiger partial charge in [-0.25, -0.2) is 9.97 Å². The molecule has 0 radical (unpaired) electrons. The number of nitrogens with zero attached hydrogens (tertiary/aromatic N) is 2. The van der Waals surface area contributed by atoms with Gasteiger partial charge < -0.3 is 10.1 Å². The highest BCUT2D eigenvalue weighted by Gasteiger charge is 2.21. The number of rotatable bonds is 4. The third-order valence-corrected chi connectivity index (χ3v) is 3.83. The minimum Gasteiger partial charge on any atom is -0.366 e. The summed E-state index contributed by atoms with van der Waals surface area (Å²) in [6, 6.07) is 10.2. The highest BCUT2D eigenvalue weighted by molar-refractivity contribution is 5.30. The zero-order chi connectivity index (χ0) is 14.7. The Morgan fingerprint density at radius 3 is 2.81 bits per heavy atom. The molecule has 4 nitrogen and oxygen atoms in total. The van der Waals surface area contributed by atoms with Gasteiger partial charge in [0.2, 0.25) is 0 Å². The minimum atomic E-state index is -0.192. The summed E-state index contributed by atoms with van der Waals surface area (Å²) in [4.78, 5) is 9.49. The molecule has 0 aliphatic carbocycles. The molecule has 1 aromatic carbocycles. The Hall–Kier alpha value is -1.78. The molecule has 1 unspecified atom stereocenters. The second-order valence-corrected chi connectivity index (χ2v) is 5.27. The highest BCUT2D eigenvalue weighted by Crippen LogP contribution is 2.25. The highest BCUT2D eigenvalue weighted by atomic mass is 16.5. The maximum absolute atomic E-state index is 5.91. The van der Waals surface area contributed by atoms with Crippen LogP contribution in [0.1, 0.15) is 41.4 Å². The molecule has 110 valence electrons. The standard InChI is InChI=1S/C17H21N3O/c1-3-21-16(13-7-5-4-6-8-13)17-19-12(2)14-9-10-18-11-15(14)20-17/h4-8,16,18H,3,9-11H2,1-2H3. The molecule has 0 saturated heterocycles. The predicted octanol–water partition coefficient (Wildman–Crippen LogP) is 2.56. The van der Waals surface area contributed by atoms with Crippen molar-refractivity contribution in [1.29, 1.82) is 0 Å². The van der Waals surface area contributed by atoms with Gasteiger partial charge in [0.15, 0.2) is 5.82 Å². The van der Waals surface area contributed by atoms with Gasteiger partial charge in [-0.15, -0.1) is 0 Å². The number of fused-ring (bicyclic) bond motifs is 1. The Morgan fingerprint density at radius 2 is 2.05 bits per heavy atom. The molecule has 2 aromatic rings. The van der Waals surface area contributed by atoms with Crippen LogP contribution < -0.4 is 5.32 Å². The van der Waals surface area contributed by atoms with Gasteiger partial charge in [0, 0.05) is 18.8 Å². The second kappa shape index (κ2) is 6.33. The van der Waals surface area contributed by atoms with Crippen molar-refractivity contribution in [2.45, 2.75) is 32.9 Å². The molecule has 0 saturated carbocycles. The van der Waals surface area contributed by atoms with Crippen molar-refractivity contribution in [3.63, 3.8) is 0 Å². The van der Waals surface area contributed by atoms with Gasteiger partial charge in [0.25, 0.3) is 0 Å². The van der Waals surface area contributed by atoms with Gasteiger partial charge in [-0.05, 0) is 37.9 Å². The average molecular weight is 283 g/mol. The lowest BCUT2D eigenvalue weighted by atomic mass is 10.0. The van der Waals surface area contributed by atoms with Gasteiger partial charge in [-0.1, -0.05) is 30.3 Å². The van der Waals surface area contributed by atoms with Crippen molar-refractivity contribution >= 4 is 0 Å². The summed E-state index contributed by atoms with van der Waals surface area (Å²) in [5.41, 5.74) is 4.59. The number of aryl methyl sites for hydroxylation is 1. The molecule has 0 fully saturated rings. The monoisotopic (exact) mass is 283 g/mol. The van der Waals surface area contributed by atoms with Crippen molar-refractivity contribution in [3.8, 4) is 0 Å². The van der Waals surface area contributed by atoms with Crippen LogP contribution in [-0.4, -0.2) is 23.1 Å². The van der Waals surface area contributed by atoms with E-state index in [2.05, 4.69) is 24.4 Å². The Kier molecular flexibility index (Phi) is 4.27. The van der Waals surface area contributed by atoms with Gasteiger partial charge in [-0.3, -0.25) is 0 Å². The van der Waals surface area contributed by atoms with Crippen LogP contribution in [0.2, 0.25) is 0 Å². The van der Waals surface area contributed by atoms with Gasteiger partial charge in [-0.2, -0.15) is 0 Å².